The fourth-order valence-electron chi connectivity index (χ4n) is 2.19. The smallest absolute Gasteiger partial charge is 0.298 e. The molecule has 25 heavy (non-hydrogen) atoms. The van der Waals surface area contributed by atoms with Gasteiger partial charge in [-0.3, -0.25) is 10.1 Å². The number of phenolic OH excluding ortho intramolecular Hbond substituents is 1. The van der Waals surface area contributed by atoms with Gasteiger partial charge in [-0.1, -0.05) is 32.4 Å². The standard InChI is InChI=1S/C17H18ClN3O4/c1-17(2,3)12-8-11(25-4)9-14(16(12)22)20-19-13-6-5-10(18)7-15(13)21(23)24/h5-9,22H,1-4H3. The highest BCUT2D eigenvalue weighted by atomic mass is 35.5. The zero-order valence-corrected chi connectivity index (χ0v) is 15.0. The molecule has 2 rings (SSSR count). The van der Waals surface area contributed by atoms with E-state index in [0.29, 0.717) is 11.3 Å². The Bertz CT molecular complexity index is 845. The van der Waals surface area contributed by atoms with Gasteiger partial charge in [0.05, 0.1) is 12.0 Å². The molecule has 0 amide bonds. The third kappa shape index (κ3) is 4.24. The summed E-state index contributed by atoms with van der Waals surface area (Å²) in [4.78, 5) is 10.5. The minimum atomic E-state index is -0.591. The summed E-state index contributed by atoms with van der Waals surface area (Å²) in [6.45, 7) is 5.81. The molecule has 0 aliphatic rings. The highest BCUT2D eigenvalue weighted by Crippen LogP contribution is 2.42. The van der Waals surface area contributed by atoms with Crippen LogP contribution >= 0.6 is 11.6 Å². The first-order chi connectivity index (χ1) is 11.6. The summed E-state index contributed by atoms with van der Waals surface area (Å²) in [7, 11) is 1.50. The lowest BCUT2D eigenvalue weighted by atomic mass is 9.86. The maximum Gasteiger partial charge on any atom is 0.298 e. The lowest BCUT2D eigenvalue weighted by Crippen LogP contribution is -2.11. The summed E-state index contributed by atoms with van der Waals surface area (Å²) in [5, 5.41) is 29.7. The topological polar surface area (TPSA) is 97.3 Å². The average Bonchev–Trinajstić information content (AvgIpc) is 2.53. The van der Waals surface area contributed by atoms with Gasteiger partial charge in [-0.2, -0.15) is 0 Å². The number of hydrogen-bond donors (Lipinski definition) is 1. The van der Waals surface area contributed by atoms with Crippen molar-refractivity contribution in [3.63, 3.8) is 0 Å². The first-order valence-electron chi connectivity index (χ1n) is 7.40. The maximum atomic E-state index is 11.1. The number of azo groups is 1. The third-order valence-electron chi connectivity index (χ3n) is 3.51. The normalized spacial score (nSPS) is 11.7. The summed E-state index contributed by atoms with van der Waals surface area (Å²) in [6.07, 6.45) is 0. The highest BCUT2D eigenvalue weighted by Gasteiger charge is 2.22. The Morgan fingerprint density at radius 1 is 1.16 bits per heavy atom. The molecule has 0 bridgehead atoms. The number of nitro benzene ring substituents is 1. The fraction of sp³-hybridized carbons (Fsp3) is 0.294. The zero-order chi connectivity index (χ0) is 18.8. The summed E-state index contributed by atoms with van der Waals surface area (Å²) >= 11 is 5.78. The van der Waals surface area contributed by atoms with Gasteiger partial charge in [0.15, 0.2) is 5.69 Å². The van der Waals surface area contributed by atoms with Crippen molar-refractivity contribution in [1.29, 1.82) is 0 Å². The fourth-order valence-corrected chi connectivity index (χ4v) is 2.36. The van der Waals surface area contributed by atoms with E-state index in [0.717, 1.165) is 0 Å². The molecule has 132 valence electrons. The maximum absolute atomic E-state index is 11.1. The van der Waals surface area contributed by atoms with Gasteiger partial charge in [-0.05, 0) is 23.6 Å². The molecule has 0 radical (unpaired) electrons. The van der Waals surface area contributed by atoms with Crippen molar-refractivity contribution in [2.24, 2.45) is 10.2 Å². The van der Waals surface area contributed by atoms with Crippen molar-refractivity contribution in [3.8, 4) is 11.5 Å². The van der Waals surface area contributed by atoms with Gasteiger partial charge in [0.2, 0.25) is 0 Å². The largest absolute Gasteiger partial charge is 0.505 e. The van der Waals surface area contributed by atoms with E-state index in [4.69, 9.17) is 16.3 Å². The first kappa shape index (κ1) is 18.7. The van der Waals surface area contributed by atoms with Crippen molar-refractivity contribution >= 4 is 28.7 Å². The molecule has 8 heteroatoms. The number of nitrogens with zero attached hydrogens (tertiary/aromatic N) is 3. The van der Waals surface area contributed by atoms with Gasteiger partial charge in [-0.15, -0.1) is 10.2 Å². The molecular weight excluding hydrogens is 346 g/mol. The van der Waals surface area contributed by atoms with Crippen molar-refractivity contribution in [2.45, 2.75) is 26.2 Å². The van der Waals surface area contributed by atoms with Crippen LogP contribution in [0.3, 0.4) is 0 Å². The van der Waals surface area contributed by atoms with Crippen LogP contribution in [0.25, 0.3) is 0 Å². The zero-order valence-electron chi connectivity index (χ0n) is 14.3. The number of aromatic hydroxyl groups is 1. The van der Waals surface area contributed by atoms with Crippen molar-refractivity contribution in [3.05, 3.63) is 51.0 Å². The lowest BCUT2D eigenvalue weighted by molar-refractivity contribution is -0.384. The second kappa shape index (κ2) is 7.06. The molecule has 0 atom stereocenters. The summed E-state index contributed by atoms with van der Waals surface area (Å²) < 4.78 is 5.24. The molecule has 2 aromatic rings. The monoisotopic (exact) mass is 363 g/mol. The molecule has 0 fully saturated rings. The van der Waals surface area contributed by atoms with Crippen LogP contribution in [-0.2, 0) is 5.41 Å². The molecule has 0 saturated carbocycles. The van der Waals surface area contributed by atoms with Gasteiger partial charge in [-0.25, -0.2) is 0 Å². The molecule has 0 saturated heterocycles. The van der Waals surface area contributed by atoms with Crippen LogP contribution in [-0.4, -0.2) is 17.1 Å². The molecule has 1 N–H and O–H groups in total. The van der Waals surface area contributed by atoms with E-state index in [2.05, 4.69) is 10.2 Å². The Labute approximate surface area is 150 Å². The van der Waals surface area contributed by atoms with Crippen molar-refractivity contribution < 1.29 is 14.8 Å². The number of ether oxygens (including phenoxy) is 1. The van der Waals surface area contributed by atoms with Crippen LogP contribution < -0.4 is 4.74 Å². The molecule has 7 nitrogen and oxygen atoms in total. The molecule has 0 aromatic heterocycles. The number of methoxy groups -OCH3 is 1. The van der Waals surface area contributed by atoms with Gasteiger partial charge in [0.1, 0.15) is 17.2 Å². The van der Waals surface area contributed by atoms with Gasteiger partial charge < -0.3 is 9.84 Å². The van der Waals surface area contributed by atoms with E-state index < -0.39 is 4.92 Å². The van der Waals surface area contributed by atoms with Crippen molar-refractivity contribution in [2.75, 3.05) is 7.11 Å². The minimum Gasteiger partial charge on any atom is -0.505 e. The van der Waals surface area contributed by atoms with E-state index in [1.54, 1.807) is 6.07 Å². The number of rotatable bonds is 4. The Kier molecular flexibility index (Phi) is 5.27. The van der Waals surface area contributed by atoms with E-state index in [1.165, 1.54) is 31.4 Å². The molecule has 0 unspecified atom stereocenters. The highest BCUT2D eigenvalue weighted by molar-refractivity contribution is 6.30. The second-order valence-electron chi connectivity index (χ2n) is 6.38. The Balaban J connectivity index is 2.54. The minimum absolute atomic E-state index is 0.0360. The van der Waals surface area contributed by atoms with Crippen molar-refractivity contribution in [1.82, 2.24) is 0 Å². The molecule has 2 aromatic carbocycles. The quantitative estimate of drug-likeness (QED) is 0.429. The summed E-state index contributed by atoms with van der Waals surface area (Å²) in [6, 6.07) is 7.30. The van der Waals surface area contributed by atoms with Gasteiger partial charge >= 0.3 is 0 Å². The summed E-state index contributed by atoms with van der Waals surface area (Å²) in [5.41, 5.74) is 0.207. The molecule has 0 heterocycles. The third-order valence-corrected chi connectivity index (χ3v) is 3.74. The van der Waals surface area contributed by atoms with Gasteiger partial charge in [0, 0.05) is 22.7 Å². The van der Waals surface area contributed by atoms with Crippen LogP contribution in [0.1, 0.15) is 26.3 Å². The summed E-state index contributed by atoms with van der Waals surface area (Å²) in [5.74, 6) is 0.455. The molecule has 0 spiro atoms. The van der Waals surface area contributed by atoms with Crippen LogP contribution in [0.5, 0.6) is 11.5 Å². The number of phenols is 1. The predicted molar refractivity (Wildman–Crippen MR) is 95.6 cm³/mol. The van der Waals surface area contributed by atoms with E-state index in [9.17, 15) is 15.2 Å². The SMILES string of the molecule is COc1cc(N=Nc2ccc(Cl)cc2[N+](=O)[O-])c(O)c(C(C)(C)C)c1. The van der Waals surface area contributed by atoms with E-state index >= 15 is 0 Å². The number of nitro groups is 1. The predicted octanol–water partition coefficient (Wildman–Crippen LogP) is 5.68. The van der Waals surface area contributed by atoms with Crippen LogP contribution in [0.4, 0.5) is 17.1 Å². The Morgan fingerprint density at radius 3 is 2.36 bits per heavy atom. The Morgan fingerprint density at radius 2 is 1.80 bits per heavy atom. The molecular formula is C17H18ClN3O4. The van der Waals surface area contributed by atoms with Crippen LogP contribution in [0, 0.1) is 10.1 Å². The van der Waals surface area contributed by atoms with Gasteiger partial charge in [0.25, 0.3) is 5.69 Å². The number of halogens is 1. The number of benzene rings is 2. The van der Waals surface area contributed by atoms with E-state index in [1.807, 2.05) is 20.8 Å². The lowest BCUT2D eigenvalue weighted by Gasteiger charge is -2.21. The first-order valence-corrected chi connectivity index (χ1v) is 7.78. The Hall–Kier alpha value is -2.67. The molecule has 0 aliphatic carbocycles. The molecule has 0 aliphatic heterocycles. The second-order valence-corrected chi connectivity index (χ2v) is 6.82. The van der Waals surface area contributed by atoms with Crippen LogP contribution in [0.15, 0.2) is 40.6 Å². The number of hydrogen-bond acceptors (Lipinski definition) is 6. The average molecular weight is 364 g/mol. The van der Waals surface area contributed by atoms with Crippen LogP contribution in [0.2, 0.25) is 5.02 Å². The van der Waals surface area contributed by atoms with E-state index in [-0.39, 0.29) is 33.2 Å².